The minimum atomic E-state index is -1.04. The average molecular weight is 703 g/mol. The van der Waals surface area contributed by atoms with Crippen LogP contribution in [0.1, 0.15) is 82.0 Å². The first-order chi connectivity index (χ1) is 23.9. The van der Waals surface area contributed by atoms with Crippen molar-refractivity contribution in [2.75, 3.05) is 18.1 Å². The second kappa shape index (κ2) is 14.6. The van der Waals surface area contributed by atoms with Crippen molar-refractivity contribution < 1.29 is 28.2 Å². The van der Waals surface area contributed by atoms with Gasteiger partial charge in [-0.1, -0.05) is 44.5 Å². The van der Waals surface area contributed by atoms with Crippen LogP contribution in [0.25, 0.3) is 22.3 Å². The molecule has 2 N–H and O–H groups in total. The lowest BCUT2D eigenvalue weighted by molar-refractivity contribution is -0.145. The maximum absolute atomic E-state index is 15.7. The number of fused-ring (bicyclic) bond motifs is 8. The number of hydrogen-bond acceptors (Lipinski definition) is 7. The number of aromatic nitrogens is 4. The molecule has 264 valence electrons. The van der Waals surface area contributed by atoms with E-state index in [0.29, 0.717) is 35.6 Å². The molecule has 2 atom stereocenters. The first kappa shape index (κ1) is 35.6. The molecule has 4 bridgehead atoms. The number of aromatic amines is 1. The number of thioether (sulfide) groups is 1. The van der Waals surface area contributed by atoms with Crippen molar-refractivity contribution in [2.45, 2.75) is 71.3 Å². The third-order valence-electron chi connectivity index (χ3n) is 9.61. The summed E-state index contributed by atoms with van der Waals surface area (Å²) in [4.78, 5) is 20.2. The van der Waals surface area contributed by atoms with Crippen LogP contribution in [0, 0.1) is 17.0 Å². The molecule has 0 spiro atoms. The Hall–Kier alpha value is -4.22. The summed E-state index contributed by atoms with van der Waals surface area (Å²) < 4.78 is 44.1. The number of rotatable bonds is 5. The molecule has 0 saturated heterocycles. The van der Waals surface area contributed by atoms with Crippen LogP contribution < -0.4 is 4.74 Å². The number of nitrogens with one attached hydrogen (secondary N) is 1. The fourth-order valence-electron chi connectivity index (χ4n) is 6.78. The molecule has 2 unspecified atom stereocenters. The minimum absolute atomic E-state index is 0.00263. The lowest BCUT2D eigenvalue weighted by atomic mass is 9.75. The topological polar surface area (TPSA) is 102 Å². The Balaban J connectivity index is 1.44. The molecule has 2 aromatic heterocycles. The third kappa shape index (κ3) is 7.44. The first-order valence-electron chi connectivity index (χ1n) is 17.1. The van der Waals surface area contributed by atoms with Crippen molar-refractivity contribution in [3.8, 4) is 22.9 Å². The third-order valence-corrected chi connectivity index (χ3v) is 11.1. The molecule has 6 rings (SSSR count). The molecule has 0 aliphatic carbocycles. The second-order valence-electron chi connectivity index (χ2n) is 14.0. The lowest BCUT2D eigenvalue weighted by Crippen LogP contribution is -2.27. The molecule has 3 heterocycles. The zero-order valence-electron chi connectivity index (χ0n) is 29.2. The Morgan fingerprint density at radius 3 is 2.74 bits per heavy atom. The van der Waals surface area contributed by atoms with E-state index in [4.69, 9.17) is 19.6 Å². The zero-order chi connectivity index (χ0) is 35.6. The standard InChI is InChI=1S/C39H44F2N4O4S/c1-6-48-34(47)22-33(46)24-9-7-10-25(19-24)39(4)16-8-15-38(2,3)23-50-18-14-28-27-13-17-42-32(27)21-31(41)35(28)49-26-11-12-30(40)29(20-26)36-43-37(39)44-45(36)5/h7,9-13,17,19-21,33,42,46H,6,8,14-16,18,22-23H2,1-5H3. The predicted molar refractivity (Wildman–Crippen MR) is 192 cm³/mol. The molecule has 0 saturated carbocycles. The monoisotopic (exact) mass is 702 g/mol. The van der Waals surface area contributed by atoms with E-state index in [1.807, 2.05) is 36.0 Å². The summed E-state index contributed by atoms with van der Waals surface area (Å²) in [5.74, 6) is 1.41. The lowest BCUT2D eigenvalue weighted by Gasteiger charge is -2.31. The number of carbonyl (C=O) groups excluding carboxylic acids is 1. The van der Waals surface area contributed by atoms with Crippen molar-refractivity contribution in [3.05, 3.63) is 94.9 Å². The highest BCUT2D eigenvalue weighted by Gasteiger charge is 2.36. The summed E-state index contributed by atoms with van der Waals surface area (Å²) in [6, 6.07) is 15.2. The summed E-state index contributed by atoms with van der Waals surface area (Å²) in [6.45, 7) is 8.56. The summed E-state index contributed by atoms with van der Waals surface area (Å²) in [5.41, 5.74) is 2.38. The number of aliphatic hydroxyl groups is 1. The smallest absolute Gasteiger partial charge is 0.308 e. The number of nitrogens with zero attached hydrogens (tertiary/aromatic N) is 3. The second-order valence-corrected chi connectivity index (χ2v) is 15.1. The van der Waals surface area contributed by atoms with E-state index >= 15 is 8.78 Å². The van der Waals surface area contributed by atoms with Gasteiger partial charge in [-0.2, -0.15) is 16.9 Å². The average Bonchev–Trinajstić information content (AvgIpc) is 3.71. The molecule has 50 heavy (non-hydrogen) atoms. The van der Waals surface area contributed by atoms with E-state index in [1.165, 1.54) is 24.3 Å². The van der Waals surface area contributed by atoms with Gasteiger partial charge in [-0.3, -0.25) is 4.79 Å². The summed E-state index contributed by atoms with van der Waals surface area (Å²) in [6.07, 6.45) is 3.65. The van der Waals surface area contributed by atoms with Crippen molar-refractivity contribution in [2.24, 2.45) is 12.5 Å². The van der Waals surface area contributed by atoms with Gasteiger partial charge in [-0.15, -0.1) is 0 Å². The van der Waals surface area contributed by atoms with Crippen molar-refractivity contribution in [1.29, 1.82) is 0 Å². The van der Waals surface area contributed by atoms with E-state index in [0.717, 1.165) is 40.9 Å². The maximum atomic E-state index is 15.7. The quantitative estimate of drug-likeness (QED) is 0.177. The molecule has 11 heteroatoms. The Bertz CT molecular complexity index is 2010. The minimum Gasteiger partial charge on any atom is -0.466 e. The molecule has 1 aliphatic heterocycles. The number of H-pyrrole nitrogens is 1. The Labute approximate surface area is 295 Å². The number of esters is 1. The van der Waals surface area contributed by atoms with Gasteiger partial charge in [0.2, 0.25) is 0 Å². The van der Waals surface area contributed by atoms with Crippen molar-refractivity contribution >= 4 is 28.6 Å². The van der Waals surface area contributed by atoms with Crippen LogP contribution in [0.3, 0.4) is 0 Å². The molecule has 1 aliphatic rings. The molecule has 5 aromatic rings. The van der Waals surface area contributed by atoms with Crippen molar-refractivity contribution in [1.82, 2.24) is 19.7 Å². The Morgan fingerprint density at radius 2 is 1.94 bits per heavy atom. The maximum Gasteiger partial charge on any atom is 0.308 e. The number of aryl methyl sites for hydroxylation is 2. The molecule has 0 fully saturated rings. The fourth-order valence-corrected chi connectivity index (χ4v) is 7.97. The molecule has 0 amide bonds. The fraction of sp³-hybridized carbons (Fsp3) is 0.410. The van der Waals surface area contributed by atoms with E-state index in [-0.39, 0.29) is 35.5 Å². The number of benzene rings is 3. The zero-order valence-corrected chi connectivity index (χ0v) is 30.0. The summed E-state index contributed by atoms with van der Waals surface area (Å²) in [7, 11) is 1.72. The largest absolute Gasteiger partial charge is 0.466 e. The highest BCUT2D eigenvalue weighted by atomic mass is 32.2. The van der Waals surface area contributed by atoms with Gasteiger partial charge < -0.3 is 19.6 Å². The number of carbonyl (C=O) groups is 1. The number of hydrogen-bond donors (Lipinski definition) is 2. The highest BCUT2D eigenvalue weighted by Crippen LogP contribution is 2.41. The predicted octanol–water partition coefficient (Wildman–Crippen LogP) is 8.81. The Morgan fingerprint density at radius 1 is 1.12 bits per heavy atom. The SMILES string of the molecule is CCOC(=O)CC(O)c1cccc(C2(C)CCCC(C)(C)CSCCc3c(c(F)cc4[nH]ccc34)Oc3ccc(F)c(c3)-c3nc2nn3C)c1. The van der Waals surface area contributed by atoms with Gasteiger partial charge in [0.25, 0.3) is 0 Å². The van der Waals surface area contributed by atoms with Gasteiger partial charge in [0.1, 0.15) is 11.6 Å². The normalized spacial score (nSPS) is 18.8. The number of aliphatic hydroxyl groups excluding tert-OH is 1. The van der Waals surface area contributed by atoms with Crippen LogP contribution in [0.15, 0.2) is 60.8 Å². The Kier molecular flexibility index (Phi) is 10.4. The van der Waals surface area contributed by atoms with Crippen molar-refractivity contribution in [3.63, 3.8) is 0 Å². The van der Waals surface area contributed by atoms with Gasteiger partial charge in [-0.25, -0.2) is 18.4 Å². The molecule has 8 nitrogen and oxygen atoms in total. The van der Waals surface area contributed by atoms with Gasteiger partial charge in [0.05, 0.1) is 30.1 Å². The van der Waals surface area contributed by atoms with Crippen LogP contribution in [0.5, 0.6) is 11.5 Å². The summed E-state index contributed by atoms with van der Waals surface area (Å²) >= 11 is 1.83. The van der Waals surface area contributed by atoms with Crippen LogP contribution in [-0.2, 0) is 28.4 Å². The summed E-state index contributed by atoms with van der Waals surface area (Å²) in [5, 5.41) is 16.7. The van der Waals surface area contributed by atoms with Crippen LogP contribution >= 0.6 is 11.8 Å². The van der Waals surface area contributed by atoms with E-state index in [1.54, 1.807) is 30.9 Å². The van der Waals surface area contributed by atoms with Gasteiger partial charge in [0, 0.05) is 35.8 Å². The van der Waals surface area contributed by atoms with Gasteiger partial charge >= 0.3 is 5.97 Å². The van der Waals surface area contributed by atoms with E-state index < -0.39 is 29.1 Å². The first-order valence-corrected chi connectivity index (χ1v) is 18.2. The molecular formula is C39H44F2N4O4S. The number of halogens is 2. The number of ether oxygens (including phenoxy) is 2. The molecule has 3 aromatic carbocycles. The van der Waals surface area contributed by atoms with E-state index in [2.05, 4.69) is 25.8 Å². The molecular weight excluding hydrogens is 659 g/mol. The van der Waals surface area contributed by atoms with Crippen LogP contribution in [0.2, 0.25) is 0 Å². The molecule has 0 radical (unpaired) electrons. The highest BCUT2D eigenvalue weighted by molar-refractivity contribution is 7.99. The van der Waals surface area contributed by atoms with E-state index in [9.17, 15) is 9.90 Å². The van der Waals surface area contributed by atoms with Crippen LogP contribution in [0.4, 0.5) is 8.78 Å². The van der Waals surface area contributed by atoms with Gasteiger partial charge in [-0.05, 0) is 85.4 Å². The van der Waals surface area contributed by atoms with Crippen LogP contribution in [-0.4, -0.2) is 48.9 Å². The van der Waals surface area contributed by atoms with Gasteiger partial charge in [0.15, 0.2) is 23.2 Å².